The van der Waals surface area contributed by atoms with Gasteiger partial charge in [-0.2, -0.15) is 5.10 Å². The number of allylic oxidation sites excluding steroid dienone is 1. The van der Waals surface area contributed by atoms with Gasteiger partial charge < -0.3 is 20.1 Å². The molecule has 0 heterocycles. The third kappa shape index (κ3) is 9.88. The lowest BCUT2D eigenvalue weighted by Crippen LogP contribution is -2.21. The quantitative estimate of drug-likeness (QED) is 0.145. The van der Waals surface area contributed by atoms with E-state index >= 15 is 0 Å². The smallest absolute Gasteiger partial charge is 0.262 e. The number of nitrogens with zero attached hydrogens (tertiary/aromatic N) is 1. The minimum absolute atomic E-state index is 0.0392. The molecule has 0 unspecified atom stereocenters. The number of halogens is 2. The summed E-state index contributed by atoms with van der Waals surface area (Å²) in [5, 5.41) is 8.99. The van der Waals surface area contributed by atoms with Crippen molar-refractivity contribution in [3.8, 4) is 11.5 Å². The fraction of sp³-hybridized carbons (Fsp3) is 0.200. The van der Waals surface area contributed by atoms with Crippen molar-refractivity contribution in [2.75, 3.05) is 23.8 Å². The van der Waals surface area contributed by atoms with Gasteiger partial charge in [0.2, 0.25) is 11.8 Å². The summed E-state index contributed by atoms with van der Waals surface area (Å²) in [6, 6.07) is 14.5. The van der Waals surface area contributed by atoms with Gasteiger partial charge in [0.25, 0.3) is 5.91 Å². The van der Waals surface area contributed by atoms with E-state index in [4.69, 9.17) is 9.47 Å². The molecule has 0 aliphatic rings. The Balaban J connectivity index is 1.60. The van der Waals surface area contributed by atoms with Gasteiger partial charge in [0.15, 0.2) is 18.1 Å². The second-order valence-electron chi connectivity index (χ2n) is 8.60. The molecule has 0 radical (unpaired) electrons. The van der Waals surface area contributed by atoms with Crippen molar-refractivity contribution in [3.05, 3.63) is 96.1 Å². The van der Waals surface area contributed by atoms with E-state index in [1.54, 1.807) is 31.2 Å². The maximum absolute atomic E-state index is 13.7. The van der Waals surface area contributed by atoms with E-state index in [-0.39, 0.29) is 25.1 Å². The molecule has 0 atom stereocenters. The molecule has 0 bridgehead atoms. The fourth-order valence-corrected chi connectivity index (χ4v) is 3.60. The number of ether oxygens (including phenoxy) is 2. The molecule has 11 heteroatoms. The minimum Gasteiger partial charge on any atom is -0.490 e. The van der Waals surface area contributed by atoms with Gasteiger partial charge in [-0.3, -0.25) is 14.4 Å². The van der Waals surface area contributed by atoms with Crippen LogP contribution < -0.4 is 25.5 Å². The first-order chi connectivity index (χ1) is 19.8. The number of rotatable bonds is 14. The number of carbonyl (C=O) groups is 3. The van der Waals surface area contributed by atoms with E-state index in [0.29, 0.717) is 41.3 Å². The number of hydrogen-bond donors (Lipinski definition) is 3. The molecule has 0 spiro atoms. The van der Waals surface area contributed by atoms with Gasteiger partial charge in [-0.25, -0.2) is 14.2 Å². The molecule has 0 fully saturated rings. The van der Waals surface area contributed by atoms with Crippen LogP contribution in [-0.2, 0) is 20.8 Å². The van der Waals surface area contributed by atoms with Gasteiger partial charge in [0.05, 0.1) is 18.5 Å². The van der Waals surface area contributed by atoms with Crippen LogP contribution in [0, 0.1) is 11.6 Å². The zero-order valence-corrected chi connectivity index (χ0v) is 22.4. The van der Waals surface area contributed by atoms with Crippen LogP contribution >= 0.6 is 0 Å². The summed E-state index contributed by atoms with van der Waals surface area (Å²) in [5.74, 6) is -1.73. The van der Waals surface area contributed by atoms with Gasteiger partial charge >= 0.3 is 0 Å². The number of para-hydroxylation sites is 1. The second-order valence-corrected chi connectivity index (χ2v) is 8.60. The van der Waals surface area contributed by atoms with E-state index in [2.05, 4.69) is 27.7 Å². The predicted molar refractivity (Wildman–Crippen MR) is 152 cm³/mol. The summed E-state index contributed by atoms with van der Waals surface area (Å²) < 4.78 is 38.3. The third-order valence-electron chi connectivity index (χ3n) is 5.42. The average molecular weight is 565 g/mol. The summed E-state index contributed by atoms with van der Waals surface area (Å²) in [5.41, 5.74) is 4.06. The number of hydrogen-bond acceptors (Lipinski definition) is 6. The van der Waals surface area contributed by atoms with Crippen molar-refractivity contribution in [2.45, 2.75) is 26.2 Å². The van der Waals surface area contributed by atoms with Crippen LogP contribution in [0.2, 0.25) is 0 Å². The van der Waals surface area contributed by atoms with Crippen LogP contribution in [0.25, 0.3) is 0 Å². The first kappa shape index (κ1) is 30.5. The normalized spacial score (nSPS) is 10.6. The van der Waals surface area contributed by atoms with Crippen molar-refractivity contribution in [1.82, 2.24) is 5.43 Å². The van der Waals surface area contributed by atoms with Gasteiger partial charge in [-0.05, 0) is 67.4 Å². The number of benzene rings is 3. The van der Waals surface area contributed by atoms with E-state index in [1.165, 1.54) is 48.7 Å². The summed E-state index contributed by atoms with van der Waals surface area (Å²) in [6.07, 6.45) is 3.13. The molecular weight excluding hydrogens is 534 g/mol. The van der Waals surface area contributed by atoms with Crippen molar-refractivity contribution in [2.24, 2.45) is 5.10 Å². The lowest BCUT2D eigenvalue weighted by atomic mass is 10.1. The van der Waals surface area contributed by atoms with Crippen LogP contribution in [0.15, 0.2) is 78.4 Å². The minimum atomic E-state index is -0.568. The third-order valence-corrected chi connectivity index (χ3v) is 5.42. The predicted octanol–water partition coefficient (Wildman–Crippen LogP) is 4.98. The number of carbonyl (C=O) groups excluding carboxylic acids is 3. The Morgan fingerprint density at radius 1 is 0.927 bits per heavy atom. The Morgan fingerprint density at radius 2 is 1.66 bits per heavy atom. The lowest BCUT2D eigenvalue weighted by Gasteiger charge is -2.16. The second kappa shape index (κ2) is 15.5. The molecule has 0 saturated carbocycles. The number of amides is 3. The van der Waals surface area contributed by atoms with Crippen LogP contribution in [0.5, 0.6) is 11.5 Å². The highest BCUT2D eigenvalue weighted by Gasteiger charge is 2.15. The Bertz CT molecular complexity index is 1410. The monoisotopic (exact) mass is 564 g/mol. The molecular formula is C30H30F2N4O5. The molecule has 3 rings (SSSR count). The van der Waals surface area contributed by atoms with E-state index < -0.39 is 29.4 Å². The molecule has 3 N–H and O–H groups in total. The highest BCUT2D eigenvalue weighted by atomic mass is 19.1. The summed E-state index contributed by atoms with van der Waals surface area (Å²) in [7, 11) is 0. The molecule has 0 aliphatic carbocycles. The molecule has 3 aromatic rings. The molecule has 0 aromatic heterocycles. The van der Waals surface area contributed by atoms with Crippen LogP contribution in [0.3, 0.4) is 0 Å². The zero-order valence-electron chi connectivity index (χ0n) is 22.4. The topological polar surface area (TPSA) is 118 Å². The van der Waals surface area contributed by atoms with Crippen LogP contribution in [0.1, 0.15) is 30.9 Å². The Kier molecular flexibility index (Phi) is 11.5. The van der Waals surface area contributed by atoms with Gasteiger partial charge in [0, 0.05) is 24.1 Å². The SMILES string of the molecule is C=CCc1cc(C=NNC(=O)CCC(=O)Nc2ccccc2F)cc(OCC)c1OCC(=O)Nc1ccc(F)cc1. The average Bonchev–Trinajstić information content (AvgIpc) is 2.94. The molecule has 0 saturated heterocycles. The fourth-order valence-electron chi connectivity index (χ4n) is 3.60. The van der Waals surface area contributed by atoms with Crippen molar-refractivity contribution >= 4 is 35.3 Å². The van der Waals surface area contributed by atoms with E-state index in [0.717, 1.165) is 0 Å². The van der Waals surface area contributed by atoms with E-state index in [1.807, 2.05) is 0 Å². The van der Waals surface area contributed by atoms with Gasteiger partial charge in [-0.1, -0.05) is 18.2 Å². The van der Waals surface area contributed by atoms with Crippen molar-refractivity contribution in [1.29, 1.82) is 0 Å². The summed E-state index contributed by atoms with van der Waals surface area (Å²) in [6.45, 7) is 5.55. The standard InChI is InChI=1S/C30H30F2N4O5/c1-3-7-21-16-20(18-33-36-28(38)15-14-27(37)35-25-9-6-5-8-24(25)32)17-26(40-4-2)30(21)41-19-29(39)34-23-12-10-22(31)11-13-23/h3,5-6,8-13,16-18H,1,4,7,14-15,19H2,2H3,(H,34,39)(H,35,37)(H,36,38). The first-order valence-electron chi connectivity index (χ1n) is 12.7. The van der Waals surface area contributed by atoms with E-state index in [9.17, 15) is 23.2 Å². The molecule has 9 nitrogen and oxygen atoms in total. The maximum atomic E-state index is 13.7. The summed E-state index contributed by atoms with van der Waals surface area (Å²) >= 11 is 0. The highest BCUT2D eigenvalue weighted by molar-refractivity contribution is 5.93. The van der Waals surface area contributed by atoms with Crippen molar-refractivity contribution < 1.29 is 32.6 Å². The number of nitrogens with one attached hydrogen (secondary N) is 3. The number of hydrazone groups is 1. The Morgan fingerprint density at radius 3 is 2.37 bits per heavy atom. The van der Waals surface area contributed by atoms with Crippen LogP contribution in [0.4, 0.5) is 20.2 Å². The summed E-state index contributed by atoms with van der Waals surface area (Å²) in [4.78, 5) is 36.6. The van der Waals surface area contributed by atoms with Gasteiger partial charge in [0.1, 0.15) is 11.6 Å². The molecule has 3 aromatic carbocycles. The highest BCUT2D eigenvalue weighted by Crippen LogP contribution is 2.33. The lowest BCUT2D eigenvalue weighted by molar-refractivity contribution is -0.124. The molecule has 3 amide bonds. The van der Waals surface area contributed by atoms with Crippen molar-refractivity contribution in [3.63, 3.8) is 0 Å². The molecule has 214 valence electrons. The Hall–Kier alpha value is -5.06. The largest absolute Gasteiger partial charge is 0.490 e. The Labute approximate surface area is 236 Å². The molecule has 41 heavy (non-hydrogen) atoms. The number of anilines is 2. The maximum Gasteiger partial charge on any atom is 0.262 e. The first-order valence-corrected chi connectivity index (χ1v) is 12.7. The molecule has 0 aliphatic heterocycles. The van der Waals surface area contributed by atoms with Gasteiger partial charge in [-0.15, -0.1) is 6.58 Å². The van der Waals surface area contributed by atoms with Crippen LogP contribution in [-0.4, -0.2) is 37.1 Å². The zero-order chi connectivity index (χ0) is 29.6.